The zero-order valence-electron chi connectivity index (χ0n) is 22.6. The van der Waals surface area contributed by atoms with E-state index in [4.69, 9.17) is 19.7 Å². The van der Waals surface area contributed by atoms with Crippen LogP contribution >= 0.6 is 7.60 Å². The van der Waals surface area contributed by atoms with Crippen molar-refractivity contribution in [3.05, 3.63) is 16.8 Å². The number of hydrogen-bond acceptors (Lipinski definition) is 9. The molecule has 0 fully saturated rings. The molecule has 0 saturated heterocycles. The summed E-state index contributed by atoms with van der Waals surface area (Å²) in [7, 11) is -4.03. The van der Waals surface area contributed by atoms with Crippen LogP contribution in [0.5, 0.6) is 0 Å². The number of nitrogen functional groups attached to an aromatic ring is 1. The lowest BCUT2D eigenvalue weighted by Gasteiger charge is -2.18. The van der Waals surface area contributed by atoms with Gasteiger partial charge in [-0.3, -0.25) is 9.13 Å². The molecular weight excluding hydrogens is 499 g/mol. The number of ether oxygens (including phenoxy) is 2. The van der Waals surface area contributed by atoms with Gasteiger partial charge in [-0.05, 0) is 6.42 Å². The highest BCUT2D eigenvalue weighted by atomic mass is 31.2. The standard InChI is InChI=1S/C25H49N4O7P/c1-2-3-4-5-6-7-8-9-10-11-12-13-14-15-16-34-17-18-36-37(32,33)22-35-23(20-30)19-29-21-27-24(26)28-25(29)31/h21,23,30H,2-20,22H2,1H3,(H,32,33)(H2,26,28,31)/t23-/m0/s1. The minimum absolute atomic E-state index is 0.0369. The van der Waals surface area contributed by atoms with Crippen LogP contribution in [-0.4, -0.2) is 63.4 Å². The third-order valence-corrected chi connectivity index (χ3v) is 7.09. The lowest BCUT2D eigenvalue weighted by Crippen LogP contribution is -2.32. The van der Waals surface area contributed by atoms with Crippen LogP contribution in [0.1, 0.15) is 96.8 Å². The van der Waals surface area contributed by atoms with Gasteiger partial charge in [0.25, 0.3) is 0 Å². The number of rotatable bonds is 25. The number of unbranched alkanes of at least 4 members (excludes halogenated alkanes) is 13. The second kappa shape index (κ2) is 21.6. The van der Waals surface area contributed by atoms with Crippen molar-refractivity contribution in [2.45, 2.75) is 109 Å². The number of aliphatic hydroxyl groups excluding tert-OH is 1. The van der Waals surface area contributed by atoms with Crippen LogP contribution in [0.3, 0.4) is 0 Å². The maximum absolute atomic E-state index is 12.1. The van der Waals surface area contributed by atoms with Crippen LogP contribution < -0.4 is 11.4 Å². The maximum Gasteiger partial charge on any atom is 0.353 e. The lowest BCUT2D eigenvalue weighted by molar-refractivity contribution is 0.0146. The molecule has 216 valence electrons. The molecular formula is C25H49N4O7P. The number of aliphatic hydroxyl groups is 1. The predicted molar refractivity (Wildman–Crippen MR) is 144 cm³/mol. The van der Waals surface area contributed by atoms with Gasteiger partial charge in [0.05, 0.1) is 32.5 Å². The fourth-order valence-electron chi connectivity index (χ4n) is 3.85. The van der Waals surface area contributed by atoms with E-state index in [0.29, 0.717) is 6.61 Å². The fourth-order valence-corrected chi connectivity index (χ4v) is 4.69. The molecule has 0 aliphatic rings. The summed E-state index contributed by atoms with van der Waals surface area (Å²) in [5, 5.41) is 9.43. The minimum Gasteiger partial charge on any atom is -0.394 e. The van der Waals surface area contributed by atoms with Crippen molar-refractivity contribution in [2.24, 2.45) is 0 Å². The van der Waals surface area contributed by atoms with E-state index < -0.39 is 32.3 Å². The Labute approximate surface area is 221 Å². The molecule has 11 nitrogen and oxygen atoms in total. The van der Waals surface area contributed by atoms with Crippen molar-refractivity contribution in [1.29, 1.82) is 0 Å². The number of aromatic nitrogens is 3. The van der Waals surface area contributed by atoms with Crippen molar-refractivity contribution in [3.63, 3.8) is 0 Å². The largest absolute Gasteiger partial charge is 0.394 e. The number of hydrogen-bond donors (Lipinski definition) is 3. The van der Waals surface area contributed by atoms with E-state index in [0.717, 1.165) is 17.4 Å². The van der Waals surface area contributed by atoms with Gasteiger partial charge in [0, 0.05) is 6.61 Å². The first-order valence-electron chi connectivity index (χ1n) is 13.8. The fraction of sp³-hybridized carbons (Fsp3) is 0.880. The highest BCUT2D eigenvalue weighted by Gasteiger charge is 2.23. The Balaban J connectivity index is 1.97. The molecule has 1 aromatic rings. The van der Waals surface area contributed by atoms with Gasteiger partial charge >= 0.3 is 13.3 Å². The zero-order valence-corrected chi connectivity index (χ0v) is 23.5. The van der Waals surface area contributed by atoms with Gasteiger partial charge in [-0.1, -0.05) is 90.4 Å². The molecule has 0 aliphatic carbocycles. The molecule has 0 radical (unpaired) electrons. The molecule has 0 spiro atoms. The van der Waals surface area contributed by atoms with Crippen LogP contribution in [0, 0.1) is 0 Å². The van der Waals surface area contributed by atoms with Crippen molar-refractivity contribution < 1.29 is 28.6 Å². The molecule has 0 amide bonds. The summed E-state index contributed by atoms with van der Waals surface area (Å²) in [6.45, 7) is 2.45. The topological polar surface area (TPSA) is 159 Å². The van der Waals surface area contributed by atoms with E-state index >= 15 is 0 Å². The Morgan fingerprint density at radius 1 is 0.946 bits per heavy atom. The molecule has 1 aromatic heterocycles. The first-order chi connectivity index (χ1) is 17.9. The summed E-state index contributed by atoms with van der Waals surface area (Å²) in [6.07, 6.45) is 17.8. The SMILES string of the molecule is CCCCCCCCCCCCCCCCOCCOP(=O)(O)CO[C@H](CO)Cn1cnc(N)nc1=O. The van der Waals surface area contributed by atoms with Gasteiger partial charge in [-0.2, -0.15) is 4.98 Å². The minimum atomic E-state index is -4.03. The lowest BCUT2D eigenvalue weighted by atomic mass is 10.0. The zero-order chi connectivity index (χ0) is 27.2. The average molecular weight is 549 g/mol. The molecule has 0 bridgehead atoms. The monoisotopic (exact) mass is 548 g/mol. The van der Waals surface area contributed by atoms with E-state index in [1.165, 1.54) is 83.4 Å². The normalized spacial score (nSPS) is 14.0. The molecule has 1 rings (SSSR count). The molecule has 0 aliphatic heterocycles. The summed E-state index contributed by atoms with van der Waals surface area (Å²) in [5.74, 6) is -0.164. The van der Waals surface area contributed by atoms with Crippen LogP contribution in [0.15, 0.2) is 11.1 Å². The van der Waals surface area contributed by atoms with Gasteiger partial charge in [-0.25, -0.2) is 9.78 Å². The Hall–Kier alpha value is -1.36. The summed E-state index contributed by atoms with van der Waals surface area (Å²) >= 11 is 0. The number of nitrogens with zero attached hydrogens (tertiary/aromatic N) is 3. The number of nitrogens with two attached hydrogens (primary N) is 1. The maximum atomic E-state index is 12.1. The highest BCUT2D eigenvalue weighted by molar-refractivity contribution is 7.52. The number of anilines is 1. The summed E-state index contributed by atoms with van der Waals surface area (Å²) in [6, 6.07) is 0. The molecule has 4 N–H and O–H groups in total. The Morgan fingerprint density at radius 3 is 2.05 bits per heavy atom. The predicted octanol–water partition coefficient (Wildman–Crippen LogP) is 4.26. The van der Waals surface area contributed by atoms with Crippen LogP contribution in [0.2, 0.25) is 0 Å². The molecule has 2 atom stereocenters. The van der Waals surface area contributed by atoms with Crippen molar-refractivity contribution >= 4 is 13.5 Å². The summed E-state index contributed by atoms with van der Waals surface area (Å²) < 4.78 is 29.0. The van der Waals surface area contributed by atoms with E-state index in [-0.39, 0.29) is 25.7 Å². The van der Waals surface area contributed by atoms with E-state index in [1.54, 1.807) is 0 Å². The Bertz CT molecular complexity index is 797. The molecule has 1 heterocycles. The third kappa shape index (κ3) is 18.5. The van der Waals surface area contributed by atoms with Crippen molar-refractivity contribution in [1.82, 2.24) is 14.5 Å². The molecule has 1 unspecified atom stereocenters. The van der Waals surface area contributed by atoms with Crippen LogP contribution in [-0.2, 0) is 25.1 Å². The van der Waals surface area contributed by atoms with Gasteiger partial charge in [0.15, 0.2) is 0 Å². The van der Waals surface area contributed by atoms with E-state index in [2.05, 4.69) is 16.9 Å². The summed E-state index contributed by atoms with van der Waals surface area (Å²) in [5.41, 5.74) is 4.67. The first kappa shape index (κ1) is 33.7. The molecule has 37 heavy (non-hydrogen) atoms. The quantitative estimate of drug-likeness (QED) is 0.119. The Kier molecular flexibility index (Phi) is 19.6. The van der Waals surface area contributed by atoms with Gasteiger partial charge in [0.2, 0.25) is 5.95 Å². The van der Waals surface area contributed by atoms with Crippen molar-refractivity contribution in [2.75, 3.05) is 38.5 Å². The van der Waals surface area contributed by atoms with Crippen LogP contribution in [0.4, 0.5) is 5.95 Å². The van der Waals surface area contributed by atoms with Gasteiger partial charge < -0.3 is 29.7 Å². The third-order valence-electron chi connectivity index (χ3n) is 6.03. The van der Waals surface area contributed by atoms with Gasteiger partial charge in [-0.15, -0.1) is 0 Å². The van der Waals surface area contributed by atoms with Crippen molar-refractivity contribution in [3.8, 4) is 0 Å². The second-order valence-electron chi connectivity index (χ2n) is 9.43. The first-order valence-corrected chi connectivity index (χ1v) is 15.6. The van der Waals surface area contributed by atoms with Gasteiger partial charge in [0.1, 0.15) is 12.7 Å². The second-order valence-corrected chi connectivity index (χ2v) is 11.2. The van der Waals surface area contributed by atoms with E-state index in [9.17, 15) is 19.4 Å². The molecule has 12 heteroatoms. The molecule has 0 aromatic carbocycles. The van der Waals surface area contributed by atoms with Crippen LogP contribution in [0.25, 0.3) is 0 Å². The average Bonchev–Trinajstić information content (AvgIpc) is 2.87. The summed E-state index contributed by atoms with van der Waals surface area (Å²) in [4.78, 5) is 28.8. The smallest absolute Gasteiger partial charge is 0.353 e. The van der Waals surface area contributed by atoms with E-state index in [1.807, 2.05) is 0 Å². The Morgan fingerprint density at radius 2 is 1.51 bits per heavy atom. The molecule has 0 saturated carbocycles. The highest BCUT2D eigenvalue weighted by Crippen LogP contribution is 2.41.